The number of carbonyl (C=O) groups excluding carboxylic acids is 1. The van der Waals surface area contributed by atoms with Crippen molar-refractivity contribution in [3.63, 3.8) is 0 Å². The Morgan fingerprint density at radius 2 is 1.64 bits per heavy atom. The summed E-state index contributed by atoms with van der Waals surface area (Å²) in [5, 5.41) is 11.7. The number of carbonyl (C=O) groups is 2. The van der Waals surface area contributed by atoms with Gasteiger partial charge in [0.15, 0.2) is 0 Å². The Kier molecular flexibility index (Phi) is 7.44. The van der Waals surface area contributed by atoms with Gasteiger partial charge in [-0.1, -0.05) is 54.6 Å². The molecule has 4 heteroatoms. The number of nitrogens with one attached hydrogen (secondary N) is 1. The molecule has 0 bridgehead atoms. The predicted molar refractivity (Wildman–Crippen MR) is 99.3 cm³/mol. The number of carboxylic acid groups (broad SMARTS) is 1. The molecule has 1 unspecified atom stereocenters. The zero-order valence-corrected chi connectivity index (χ0v) is 14.1. The standard InChI is InChI=1S/C21H23NO3/c23-20(22-19-11-5-2-6-12-19)13-7-10-18(14-15-21(24)25)16-17-8-3-1-4-9-17/h1-9,11-13,18H,10,14-16H2,(H,22,23)(H,24,25)/b13-7+. The lowest BCUT2D eigenvalue weighted by atomic mass is 9.91. The molecule has 2 aromatic rings. The monoisotopic (exact) mass is 337 g/mol. The minimum Gasteiger partial charge on any atom is -0.481 e. The van der Waals surface area contributed by atoms with Gasteiger partial charge in [0.25, 0.3) is 0 Å². The molecule has 4 nitrogen and oxygen atoms in total. The minimum atomic E-state index is -0.788. The molecule has 0 fully saturated rings. The van der Waals surface area contributed by atoms with Crippen LogP contribution >= 0.6 is 0 Å². The summed E-state index contributed by atoms with van der Waals surface area (Å²) in [6, 6.07) is 19.3. The second kappa shape index (κ2) is 10.1. The molecule has 2 rings (SSSR count). The SMILES string of the molecule is O=C(O)CCC(C/C=C/C(=O)Nc1ccccc1)Cc1ccccc1. The van der Waals surface area contributed by atoms with E-state index in [9.17, 15) is 9.59 Å². The zero-order valence-electron chi connectivity index (χ0n) is 14.1. The van der Waals surface area contributed by atoms with Crippen molar-refractivity contribution in [3.05, 3.63) is 78.4 Å². The number of allylic oxidation sites excluding steroid dienone is 1. The van der Waals surface area contributed by atoms with Gasteiger partial charge < -0.3 is 10.4 Å². The van der Waals surface area contributed by atoms with Gasteiger partial charge in [0.05, 0.1) is 0 Å². The van der Waals surface area contributed by atoms with Crippen LogP contribution in [-0.2, 0) is 16.0 Å². The van der Waals surface area contributed by atoms with E-state index in [0.717, 1.165) is 12.1 Å². The van der Waals surface area contributed by atoms with Gasteiger partial charge in [-0.05, 0) is 49.0 Å². The van der Waals surface area contributed by atoms with Gasteiger partial charge in [0, 0.05) is 12.1 Å². The molecule has 25 heavy (non-hydrogen) atoms. The van der Waals surface area contributed by atoms with Gasteiger partial charge >= 0.3 is 5.97 Å². The molecule has 0 aliphatic carbocycles. The molecule has 2 aromatic carbocycles. The first-order valence-electron chi connectivity index (χ1n) is 8.42. The Balaban J connectivity index is 1.88. The number of carboxylic acids is 1. The summed E-state index contributed by atoms with van der Waals surface area (Å²) < 4.78 is 0. The third-order valence-corrected chi connectivity index (χ3v) is 3.91. The molecule has 0 spiro atoms. The van der Waals surface area contributed by atoms with Crippen molar-refractivity contribution in [2.75, 3.05) is 5.32 Å². The molecule has 1 atom stereocenters. The highest BCUT2D eigenvalue weighted by Crippen LogP contribution is 2.18. The lowest BCUT2D eigenvalue weighted by Gasteiger charge is -2.14. The third-order valence-electron chi connectivity index (χ3n) is 3.91. The normalized spacial score (nSPS) is 12.0. The van der Waals surface area contributed by atoms with Gasteiger partial charge in [-0.2, -0.15) is 0 Å². The molecule has 0 saturated carbocycles. The van der Waals surface area contributed by atoms with E-state index in [1.165, 1.54) is 11.6 Å². The summed E-state index contributed by atoms with van der Waals surface area (Å²) in [4.78, 5) is 22.8. The van der Waals surface area contributed by atoms with E-state index in [-0.39, 0.29) is 18.2 Å². The summed E-state index contributed by atoms with van der Waals surface area (Å²) in [5.41, 5.74) is 1.93. The number of para-hydroxylation sites is 1. The molecule has 0 saturated heterocycles. The quantitative estimate of drug-likeness (QED) is 0.671. The van der Waals surface area contributed by atoms with Crippen LogP contribution in [0.3, 0.4) is 0 Å². The average molecular weight is 337 g/mol. The van der Waals surface area contributed by atoms with Gasteiger partial charge in [-0.15, -0.1) is 0 Å². The highest BCUT2D eigenvalue weighted by molar-refractivity contribution is 5.99. The Labute approximate surface area is 148 Å². The third kappa shape index (κ3) is 7.48. The molecule has 0 aromatic heterocycles. The van der Waals surface area contributed by atoms with Crippen molar-refractivity contribution in [1.82, 2.24) is 0 Å². The second-order valence-corrected chi connectivity index (χ2v) is 5.98. The smallest absolute Gasteiger partial charge is 0.303 e. The van der Waals surface area contributed by atoms with Crippen LogP contribution in [0.2, 0.25) is 0 Å². The van der Waals surface area contributed by atoms with Crippen LogP contribution in [0.25, 0.3) is 0 Å². The summed E-state index contributed by atoms with van der Waals surface area (Å²) >= 11 is 0. The van der Waals surface area contributed by atoms with E-state index in [0.29, 0.717) is 12.8 Å². The van der Waals surface area contributed by atoms with Crippen LogP contribution in [-0.4, -0.2) is 17.0 Å². The Bertz CT molecular complexity index is 696. The van der Waals surface area contributed by atoms with E-state index < -0.39 is 5.97 Å². The van der Waals surface area contributed by atoms with E-state index in [2.05, 4.69) is 5.32 Å². The molecular formula is C21H23NO3. The number of benzene rings is 2. The molecule has 0 heterocycles. The van der Waals surface area contributed by atoms with Crippen molar-refractivity contribution in [2.45, 2.75) is 25.7 Å². The maximum atomic E-state index is 11.9. The van der Waals surface area contributed by atoms with E-state index >= 15 is 0 Å². The van der Waals surface area contributed by atoms with Crippen molar-refractivity contribution < 1.29 is 14.7 Å². The number of hydrogen-bond donors (Lipinski definition) is 2. The van der Waals surface area contributed by atoms with E-state index in [1.807, 2.05) is 66.7 Å². The fraction of sp³-hybridized carbons (Fsp3) is 0.238. The largest absolute Gasteiger partial charge is 0.481 e. The molecule has 0 aliphatic rings. The van der Waals surface area contributed by atoms with Crippen molar-refractivity contribution in [3.8, 4) is 0 Å². The Hall–Kier alpha value is -2.88. The van der Waals surface area contributed by atoms with Crippen molar-refractivity contribution in [2.24, 2.45) is 5.92 Å². The fourth-order valence-electron chi connectivity index (χ4n) is 2.65. The zero-order chi connectivity index (χ0) is 17.9. The summed E-state index contributed by atoms with van der Waals surface area (Å²) in [6.45, 7) is 0. The maximum Gasteiger partial charge on any atom is 0.303 e. The molecule has 2 N–H and O–H groups in total. The van der Waals surface area contributed by atoms with Crippen LogP contribution in [0.15, 0.2) is 72.8 Å². The number of anilines is 1. The first-order chi connectivity index (χ1) is 12.1. The summed E-state index contributed by atoms with van der Waals surface area (Å²) in [7, 11) is 0. The number of amides is 1. The highest BCUT2D eigenvalue weighted by atomic mass is 16.4. The Morgan fingerprint density at radius 1 is 1.00 bits per heavy atom. The molecule has 130 valence electrons. The van der Waals surface area contributed by atoms with Gasteiger partial charge in [0.1, 0.15) is 0 Å². The van der Waals surface area contributed by atoms with Crippen molar-refractivity contribution >= 4 is 17.6 Å². The van der Waals surface area contributed by atoms with Crippen LogP contribution in [0.5, 0.6) is 0 Å². The average Bonchev–Trinajstić information content (AvgIpc) is 2.61. The molecule has 1 amide bonds. The minimum absolute atomic E-state index is 0.140. The van der Waals surface area contributed by atoms with E-state index in [1.54, 1.807) is 0 Å². The predicted octanol–water partition coefficient (Wildman–Crippen LogP) is 4.30. The fourth-order valence-corrected chi connectivity index (χ4v) is 2.65. The van der Waals surface area contributed by atoms with Crippen LogP contribution < -0.4 is 5.32 Å². The maximum absolute atomic E-state index is 11.9. The topological polar surface area (TPSA) is 66.4 Å². The van der Waals surface area contributed by atoms with Gasteiger partial charge in [-0.25, -0.2) is 0 Å². The molecule has 0 radical (unpaired) electrons. The van der Waals surface area contributed by atoms with Gasteiger partial charge in [0.2, 0.25) is 5.91 Å². The Morgan fingerprint density at radius 3 is 2.28 bits per heavy atom. The first kappa shape index (κ1) is 18.5. The number of hydrogen-bond acceptors (Lipinski definition) is 2. The summed E-state index contributed by atoms with van der Waals surface area (Å²) in [5.74, 6) is -0.772. The van der Waals surface area contributed by atoms with Crippen LogP contribution in [0.1, 0.15) is 24.8 Å². The lowest BCUT2D eigenvalue weighted by molar-refractivity contribution is -0.137. The number of rotatable bonds is 9. The van der Waals surface area contributed by atoms with Crippen molar-refractivity contribution in [1.29, 1.82) is 0 Å². The highest BCUT2D eigenvalue weighted by Gasteiger charge is 2.11. The summed E-state index contributed by atoms with van der Waals surface area (Å²) in [6.07, 6.45) is 5.55. The first-order valence-corrected chi connectivity index (χ1v) is 8.42. The van der Waals surface area contributed by atoms with Crippen LogP contribution in [0, 0.1) is 5.92 Å². The molecule has 0 aliphatic heterocycles. The van der Waals surface area contributed by atoms with E-state index in [4.69, 9.17) is 5.11 Å². The lowest BCUT2D eigenvalue weighted by Crippen LogP contribution is -2.09. The van der Waals surface area contributed by atoms with Gasteiger partial charge in [-0.3, -0.25) is 9.59 Å². The second-order valence-electron chi connectivity index (χ2n) is 5.98. The van der Waals surface area contributed by atoms with Crippen LogP contribution in [0.4, 0.5) is 5.69 Å². The molecular weight excluding hydrogens is 314 g/mol. The number of aliphatic carboxylic acids is 1.